The fraction of sp³-hybridized carbons (Fsp3) is 0.571. The van der Waals surface area contributed by atoms with E-state index in [4.69, 9.17) is 9.26 Å². The standard InChI is InChI=1S/C7H9NO2/c1-5-2-6(10-8-5)3-7-4-9-7/h2,7H,3-4H2,1H3. The van der Waals surface area contributed by atoms with Gasteiger partial charge in [0.15, 0.2) is 0 Å². The lowest BCUT2D eigenvalue weighted by Gasteiger charge is -1.83. The number of hydrogen-bond donors (Lipinski definition) is 0. The van der Waals surface area contributed by atoms with Crippen LogP contribution in [0.5, 0.6) is 0 Å². The maximum atomic E-state index is 5.03. The van der Waals surface area contributed by atoms with Crippen LogP contribution in [0.3, 0.4) is 0 Å². The summed E-state index contributed by atoms with van der Waals surface area (Å²) in [4.78, 5) is 0. The Balaban J connectivity index is 2.03. The molecule has 1 aromatic rings. The summed E-state index contributed by atoms with van der Waals surface area (Å²) in [5, 5.41) is 3.77. The van der Waals surface area contributed by atoms with E-state index in [1.54, 1.807) is 0 Å². The van der Waals surface area contributed by atoms with E-state index in [2.05, 4.69) is 5.16 Å². The van der Waals surface area contributed by atoms with E-state index in [1.807, 2.05) is 13.0 Å². The van der Waals surface area contributed by atoms with Crippen molar-refractivity contribution in [2.75, 3.05) is 6.61 Å². The third kappa shape index (κ3) is 1.19. The summed E-state index contributed by atoms with van der Waals surface area (Å²) in [6.07, 6.45) is 1.27. The van der Waals surface area contributed by atoms with Crippen molar-refractivity contribution in [1.29, 1.82) is 0 Å². The summed E-state index contributed by atoms with van der Waals surface area (Å²) in [7, 11) is 0. The first-order valence-electron chi connectivity index (χ1n) is 3.38. The van der Waals surface area contributed by atoms with Gasteiger partial charge in [-0.2, -0.15) is 0 Å². The van der Waals surface area contributed by atoms with Gasteiger partial charge in [0, 0.05) is 12.5 Å². The molecule has 1 unspecified atom stereocenters. The molecule has 2 heterocycles. The van der Waals surface area contributed by atoms with Crippen molar-refractivity contribution in [2.45, 2.75) is 19.4 Å². The second-order valence-corrected chi connectivity index (χ2v) is 2.59. The van der Waals surface area contributed by atoms with Gasteiger partial charge in [0.1, 0.15) is 5.76 Å². The first-order chi connectivity index (χ1) is 4.84. The van der Waals surface area contributed by atoms with Crippen LogP contribution in [0.15, 0.2) is 10.6 Å². The number of ether oxygens (including phenoxy) is 1. The van der Waals surface area contributed by atoms with Crippen LogP contribution < -0.4 is 0 Å². The van der Waals surface area contributed by atoms with E-state index in [-0.39, 0.29) is 0 Å². The molecule has 3 nitrogen and oxygen atoms in total. The van der Waals surface area contributed by atoms with Gasteiger partial charge < -0.3 is 9.26 Å². The van der Waals surface area contributed by atoms with E-state index in [0.717, 1.165) is 24.5 Å². The molecule has 0 N–H and O–H groups in total. The highest BCUT2D eigenvalue weighted by Gasteiger charge is 2.24. The molecule has 10 heavy (non-hydrogen) atoms. The van der Waals surface area contributed by atoms with Crippen molar-refractivity contribution < 1.29 is 9.26 Å². The summed E-state index contributed by atoms with van der Waals surface area (Å²) in [5.41, 5.74) is 0.940. The summed E-state index contributed by atoms with van der Waals surface area (Å²) >= 11 is 0. The van der Waals surface area contributed by atoms with Gasteiger partial charge in [-0.3, -0.25) is 0 Å². The Morgan fingerprint density at radius 3 is 3.10 bits per heavy atom. The number of aromatic nitrogens is 1. The zero-order valence-corrected chi connectivity index (χ0v) is 5.83. The van der Waals surface area contributed by atoms with E-state index in [1.165, 1.54) is 0 Å². The van der Waals surface area contributed by atoms with Crippen LogP contribution in [0.25, 0.3) is 0 Å². The molecule has 1 aliphatic heterocycles. The van der Waals surface area contributed by atoms with E-state index in [9.17, 15) is 0 Å². The Morgan fingerprint density at radius 1 is 1.80 bits per heavy atom. The Labute approximate surface area is 59.0 Å². The second-order valence-electron chi connectivity index (χ2n) is 2.59. The molecule has 2 rings (SSSR count). The SMILES string of the molecule is Cc1cc(CC2CO2)on1. The lowest BCUT2D eigenvalue weighted by molar-refractivity contribution is 0.349. The van der Waals surface area contributed by atoms with E-state index in [0.29, 0.717) is 6.10 Å². The van der Waals surface area contributed by atoms with Crippen molar-refractivity contribution >= 4 is 0 Å². The van der Waals surface area contributed by atoms with E-state index < -0.39 is 0 Å². The Kier molecular flexibility index (Phi) is 1.24. The molecule has 0 saturated carbocycles. The van der Waals surface area contributed by atoms with Crippen LogP contribution >= 0.6 is 0 Å². The smallest absolute Gasteiger partial charge is 0.139 e. The first kappa shape index (κ1) is 5.92. The van der Waals surface area contributed by atoms with Gasteiger partial charge in [0.25, 0.3) is 0 Å². The second kappa shape index (κ2) is 2.09. The van der Waals surface area contributed by atoms with Gasteiger partial charge in [-0.05, 0) is 6.92 Å². The summed E-state index contributed by atoms with van der Waals surface area (Å²) in [5.74, 6) is 0.931. The average molecular weight is 139 g/mol. The van der Waals surface area contributed by atoms with Gasteiger partial charge >= 0.3 is 0 Å². The highest BCUT2D eigenvalue weighted by atomic mass is 16.6. The van der Waals surface area contributed by atoms with Gasteiger partial charge in [-0.25, -0.2) is 0 Å². The summed E-state index contributed by atoms with van der Waals surface area (Å²) in [6.45, 7) is 2.79. The fourth-order valence-electron chi connectivity index (χ4n) is 0.923. The predicted octanol–water partition coefficient (Wildman–Crippen LogP) is 0.924. The highest BCUT2D eigenvalue weighted by molar-refractivity contribution is 5.05. The average Bonchev–Trinajstić information content (AvgIpc) is 2.59. The minimum atomic E-state index is 0.396. The predicted molar refractivity (Wildman–Crippen MR) is 34.7 cm³/mol. The van der Waals surface area contributed by atoms with Crippen molar-refractivity contribution in [3.63, 3.8) is 0 Å². The third-order valence-electron chi connectivity index (χ3n) is 1.51. The number of epoxide rings is 1. The Hall–Kier alpha value is -0.830. The quantitative estimate of drug-likeness (QED) is 0.572. The molecule has 3 heteroatoms. The molecule has 0 amide bonds. The Bertz CT molecular complexity index is 227. The lowest BCUT2D eigenvalue weighted by Crippen LogP contribution is -1.89. The molecule has 0 aromatic carbocycles. The monoisotopic (exact) mass is 139 g/mol. The maximum Gasteiger partial charge on any atom is 0.139 e. The molecule has 1 aliphatic rings. The number of hydrogen-bond acceptors (Lipinski definition) is 3. The number of aryl methyl sites for hydroxylation is 1. The van der Waals surface area contributed by atoms with Crippen LogP contribution in [0.1, 0.15) is 11.5 Å². The first-order valence-corrected chi connectivity index (χ1v) is 3.38. The fourth-order valence-corrected chi connectivity index (χ4v) is 0.923. The molecule has 0 spiro atoms. The molecule has 54 valence electrons. The van der Waals surface area contributed by atoms with Crippen LogP contribution in [0.2, 0.25) is 0 Å². The number of nitrogens with zero attached hydrogens (tertiary/aromatic N) is 1. The summed E-state index contributed by atoms with van der Waals surface area (Å²) in [6, 6.07) is 1.95. The molecule has 1 fully saturated rings. The molecular formula is C7H9NO2. The summed E-state index contributed by atoms with van der Waals surface area (Å²) < 4.78 is 10.0. The van der Waals surface area contributed by atoms with Crippen molar-refractivity contribution in [1.82, 2.24) is 5.16 Å². The van der Waals surface area contributed by atoms with Crippen molar-refractivity contribution in [3.8, 4) is 0 Å². The van der Waals surface area contributed by atoms with Crippen LogP contribution in [-0.2, 0) is 11.2 Å². The normalized spacial score (nSPS) is 23.1. The number of rotatable bonds is 2. The lowest BCUT2D eigenvalue weighted by atomic mass is 10.2. The highest BCUT2D eigenvalue weighted by Crippen LogP contribution is 2.16. The van der Waals surface area contributed by atoms with Gasteiger partial charge in [-0.15, -0.1) is 0 Å². The largest absolute Gasteiger partial charge is 0.373 e. The Morgan fingerprint density at radius 2 is 2.60 bits per heavy atom. The van der Waals surface area contributed by atoms with Crippen molar-refractivity contribution in [3.05, 3.63) is 17.5 Å². The minimum Gasteiger partial charge on any atom is -0.373 e. The molecule has 1 atom stereocenters. The van der Waals surface area contributed by atoms with Gasteiger partial charge in [0.2, 0.25) is 0 Å². The molecule has 0 radical (unpaired) electrons. The zero-order chi connectivity index (χ0) is 6.97. The third-order valence-corrected chi connectivity index (χ3v) is 1.51. The van der Waals surface area contributed by atoms with Crippen LogP contribution in [-0.4, -0.2) is 17.9 Å². The van der Waals surface area contributed by atoms with E-state index >= 15 is 0 Å². The molecular weight excluding hydrogens is 130 g/mol. The molecule has 0 bridgehead atoms. The van der Waals surface area contributed by atoms with Crippen LogP contribution in [0.4, 0.5) is 0 Å². The topological polar surface area (TPSA) is 38.6 Å². The minimum absolute atomic E-state index is 0.396. The zero-order valence-electron chi connectivity index (χ0n) is 5.83. The molecule has 1 saturated heterocycles. The molecule has 0 aliphatic carbocycles. The van der Waals surface area contributed by atoms with Crippen LogP contribution in [0, 0.1) is 6.92 Å². The van der Waals surface area contributed by atoms with Gasteiger partial charge in [-0.1, -0.05) is 5.16 Å². The van der Waals surface area contributed by atoms with Crippen molar-refractivity contribution in [2.24, 2.45) is 0 Å². The van der Waals surface area contributed by atoms with Gasteiger partial charge in [0.05, 0.1) is 18.4 Å². The maximum absolute atomic E-state index is 5.03. The molecule has 1 aromatic heterocycles.